The number of hydrogen-bond acceptors (Lipinski definition) is 5. The van der Waals surface area contributed by atoms with Crippen LogP contribution < -0.4 is 0 Å². The molecule has 0 amide bonds. The van der Waals surface area contributed by atoms with E-state index in [1.165, 1.54) is 0 Å². The number of ether oxygens (including phenoxy) is 2. The standard InChI is InChI=1S/C17H39NO4Si/c1-8-19-16(6)18(17(7)20-9-2)14-12-13-15(5)23(21-10-3)22-11-4/h15-17,23H,8-14H2,1-7H3. The van der Waals surface area contributed by atoms with Gasteiger partial charge in [-0.05, 0) is 59.9 Å². The summed E-state index contributed by atoms with van der Waals surface area (Å²) in [6, 6.07) is 0. The van der Waals surface area contributed by atoms with Crippen molar-refractivity contribution in [2.24, 2.45) is 0 Å². The van der Waals surface area contributed by atoms with Crippen LogP contribution in [0.2, 0.25) is 5.54 Å². The predicted octanol–water partition coefficient (Wildman–Crippen LogP) is 3.52. The van der Waals surface area contributed by atoms with Gasteiger partial charge in [0.2, 0.25) is 0 Å². The van der Waals surface area contributed by atoms with Gasteiger partial charge < -0.3 is 18.3 Å². The minimum Gasteiger partial charge on any atom is -0.397 e. The van der Waals surface area contributed by atoms with Crippen LogP contribution in [-0.2, 0) is 18.3 Å². The van der Waals surface area contributed by atoms with Gasteiger partial charge in [-0.2, -0.15) is 0 Å². The van der Waals surface area contributed by atoms with Crippen LogP contribution in [0, 0.1) is 0 Å². The second-order valence-electron chi connectivity index (χ2n) is 5.75. The van der Waals surface area contributed by atoms with E-state index in [0.29, 0.717) is 5.54 Å². The van der Waals surface area contributed by atoms with Crippen LogP contribution in [0.4, 0.5) is 0 Å². The minimum absolute atomic E-state index is 0.0729. The SMILES string of the molecule is CCOC(C)N(CCCC(C)[SiH](OCC)OCC)C(C)OCC. The van der Waals surface area contributed by atoms with Crippen molar-refractivity contribution in [1.82, 2.24) is 4.90 Å². The molecule has 0 aromatic carbocycles. The van der Waals surface area contributed by atoms with Crippen LogP contribution in [0.5, 0.6) is 0 Å². The molecule has 3 unspecified atom stereocenters. The molecular formula is C17H39NO4Si. The highest BCUT2D eigenvalue weighted by Crippen LogP contribution is 2.20. The van der Waals surface area contributed by atoms with Gasteiger partial charge in [-0.25, -0.2) is 0 Å². The third-order valence-corrected chi connectivity index (χ3v) is 6.54. The van der Waals surface area contributed by atoms with Gasteiger partial charge in [0.05, 0.1) is 0 Å². The maximum absolute atomic E-state index is 5.83. The molecule has 3 atom stereocenters. The highest BCUT2D eigenvalue weighted by molar-refractivity contribution is 6.46. The van der Waals surface area contributed by atoms with Crippen LogP contribution >= 0.6 is 0 Å². The summed E-state index contributed by atoms with van der Waals surface area (Å²) in [5, 5.41) is 0. The summed E-state index contributed by atoms with van der Waals surface area (Å²) in [7, 11) is -1.55. The van der Waals surface area contributed by atoms with Gasteiger partial charge in [-0.3, -0.25) is 4.90 Å². The predicted molar refractivity (Wildman–Crippen MR) is 97.9 cm³/mol. The summed E-state index contributed by atoms with van der Waals surface area (Å²) in [5.74, 6) is 0. The molecule has 0 aromatic rings. The molecule has 0 radical (unpaired) electrons. The molecule has 0 N–H and O–H groups in total. The van der Waals surface area contributed by atoms with Crippen molar-refractivity contribution in [2.75, 3.05) is 33.0 Å². The number of hydrogen-bond donors (Lipinski definition) is 0. The Bertz CT molecular complexity index is 253. The Kier molecular flexibility index (Phi) is 14.4. The van der Waals surface area contributed by atoms with Crippen molar-refractivity contribution in [3.8, 4) is 0 Å². The summed E-state index contributed by atoms with van der Waals surface area (Å²) >= 11 is 0. The monoisotopic (exact) mass is 349 g/mol. The molecule has 6 heteroatoms. The summed E-state index contributed by atoms with van der Waals surface area (Å²) < 4.78 is 23.2. The third-order valence-electron chi connectivity index (χ3n) is 3.95. The second-order valence-corrected chi connectivity index (χ2v) is 8.29. The average Bonchev–Trinajstić information content (AvgIpc) is 2.51. The van der Waals surface area contributed by atoms with Crippen LogP contribution in [-0.4, -0.2) is 59.6 Å². The molecule has 5 nitrogen and oxygen atoms in total. The van der Waals surface area contributed by atoms with E-state index in [1.54, 1.807) is 0 Å². The highest BCUT2D eigenvalue weighted by Gasteiger charge is 2.24. The van der Waals surface area contributed by atoms with Gasteiger partial charge in [0.25, 0.3) is 0 Å². The fourth-order valence-corrected chi connectivity index (χ4v) is 4.69. The molecule has 0 heterocycles. The van der Waals surface area contributed by atoms with E-state index in [1.807, 2.05) is 27.7 Å². The van der Waals surface area contributed by atoms with Crippen LogP contribution in [0.15, 0.2) is 0 Å². The van der Waals surface area contributed by atoms with E-state index >= 15 is 0 Å². The molecular weight excluding hydrogens is 310 g/mol. The first-order valence-corrected chi connectivity index (χ1v) is 10.8. The van der Waals surface area contributed by atoms with E-state index in [2.05, 4.69) is 25.7 Å². The van der Waals surface area contributed by atoms with Gasteiger partial charge in [0.15, 0.2) is 0 Å². The lowest BCUT2D eigenvalue weighted by molar-refractivity contribution is -0.136. The molecule has 0 aliphatic rings. The maximum atomic E-state index is 5.83. The Hall–Kier alpha value is 0.0169. The zero-order chi connectivity index (χ0) is 17.7. The molecule has 0 fully saturated rings. The van der Waals surface area contributed by atoms with E-state index in [-0.39, 0.29) is 12.5 Å². The fraction of sp³-hybridized carbons (Fsp3) is 1.00. The number of rotatable bonds is 15. The van der Waals surface area contributed by atoms with Gasteiger partial charge in [-0.1, -0.05) is 6.92 Å². The Labute approximate surface area is 145 Å². The lowest BCUT2D eigenvalue weighted by Gasteiger charge is -2.34. The Balaban J connectivity index is 4.42. The molecule has 0 aromatic heterocycles. The Morgan fingerprint density at radius 3 is 1.65 bits per heavy atom. The summed E-state index contributed by atoms with van der Waals surface area (Å²) in [6.07, 6.45) is 2.36. The van der Waals surface area contributed by atoms with Crippen molar-refractivity contribution < 1.29 is 18.3 Å². The molecule has 0 bridgehead atoms. The summed E-state index contributed by atoms with van der Waals surface area (Å²) in [5.41, 5.74) is 0.515. The first-order valence-electron chi connectivity index (χ1n) is 9.23. The molecule has 140 valence electrons. The highest BCUT2D eigenvalue weighted by atomic mass is 28.3. The van der Waals surface area contributed by atoms with Gasteiger partial charge in [0.1, 0.15) is 12.5 Å². The van der Waals surface area contributed by atoms with E-state index in [0.717, 1.165) is 45.8 Å². The second kappa shape index (κ2) is 14.4. The molecule has 0 saturated heterocycles. The minimum atomic E-state index is -1.55. The van der Waals surface area contributed by atoms with E-state index in [9.17, 15) is 0 Å². The van der Waals surface area contributed by atoms with E-state index < -0.39 is 9.28 Å². The maximum Gasteiger partial charge on any atom is 0.324 e. The van der Waals surface area contributed by atoms with Crippen LogP contribution in [0.1, 0.15) is 61.3 Å². The van der Waals surface area contributed by atoms with E-state index in [4.69, 9.17) is 18.3 Å². The Morgan fingerprint density at radius 2 is 1.26 bits per heavy atom. The normalized spacial score (nSPS) is 16.0. The van der Waals surface area contributed by atoms with Crippen molar-refractivity contribution in [1.29, 1.82) is 0 Å². The average molecular weight is 350 g/mol. The molecule has 23 heavy (non-hydrogen) atoms. The molecule has 0 saturated carbocycles. The fourth-order valence-electron chi connectivity index (χ4n) is 2.77. The first kappa shape index (κ1) is 23.0. The third kappa shape index (κ3) is 9.79. The van der Waals surface area contributed by atoms with Gasteiger partial charge in [-0.15, -0.1) is 0 Å². The molecule has 0 rings (SSSR count). The van der Waals surface area contributed by atoms with Crippen LogP contribution in [0.25, 0.3) is 0 Å². The van der Waals surface area contributed by atoms with Crippen molar-refractivity contribution in [2.45, 2.75) is 79.3 Å². The quantitative estimate of drug-likeness (QED) is 0.334. The zero-order valence-electron chi connectivity index (χ0n) is 16.3. The summed E-state index contributed by atoms with van der Waals surface area (Å²) in [6.45, 7) is 18.5. The van der Waals surface area contributed by atoms with Crippen molar-refractivity contribution in [3.63, 3.8) is 0 Å². The largest absolute Gasteiger partial charge is 0.397 e. The molecule has 0 spiro atoms. The van der Waals surface area contributed by atoms with Gasteiger partial charge in [0, 0.05) is 33.0 Å². The Morgan fingerprint density at radius 1 is 0.783 bits per heavy atom. The van der Waals surface area contributed by atoms with Crippen molar-refractivity contribution >= 4 is 9.28 Å². The zero-order valence-corrected chi connectivity index (χ0v) is 17.5. The first-order chi connectivity index (χ1) is 11.0. The van der Waals surface area contributed by atoms with Crippen LogP contribution in [0.3, 0.4) is 0 Å². The lowest BCUT2D eigenvalue weighted by Crippen LogP contribution is -2.44. The van der Waals surface area contributed by atoms with Gasteiger partial charge >= 0.3 is 9.28 Å². The van der Waals surface area contributed by atoms with Crippen molar-refractivity contribution in [3.05, 3.63) is 0 Å². The molecule has 0 aliphatic carbocycles. The topological polar surface area (TPSA) is 40.2 Å². The summed E-state index contributed by atoms with van der Waals surface area (Å²) in [4.78, 5) is 2.29. The lowest BCUT2D eigenvalue weighted by atomic mass is 10.2. The number of nitrogens with zero attached hydrogens (tertiary/aromatic N) is 1. The smallest absolute Gasteiger partial charge is 0.324 e. The molecule has 0 aliphatic heterocycles.